The third-order valence-electron chi connectivity index (χ3n) is 3.45. The Morgan fingerprint density at radius 1 is 1.20 bits per heavy atom. The number of carboxylic acids is 1. The molecule has 1 aromatic rings. The summed E-state index contributed by atoms with van der Waals surface area (Å²) in [4.78, 5) is 13.3. The third-order valence-corrected chi connectivity index (χ3v) is 5.52. The molecule has 0 aromatic heterocycles. The van der Waals surface area contributed by atoms with Gasteiger partial charge in [0.25, 0.3) is 0 Å². The second-order valence-corrected chi connectivity index (χ2v) is 10.9. The quantitative estimate of drug-likeness (QED) is 0.764. The molecule has 3 nitrogen and oxygen atoms in total. The Morgan fingerprint density at radius 3 is 2.00 bits per heavy atom. The van der Waals surface area contributed by atoms with Crippen LogP contribution in [0.4, 0.5) is 5.69 Å². The minimum absolute atomic E-state index is 0. The normalized spacial score (nSPS) is 12.4. The number of nitrogens with zero attached hydrogens (tertiary/aromatic N) is 1. The van der Waals surface area contributed by atoms with Gasteiger partial charge in [-0.2, -0.15) is 0 Å². The first-order valence-corrected chi connectivity index (χ1v) is 10.4. The molecule has 1 atom stereocenters. The average Bonchev–Trinajstić information content (AvgIpc) is 2.34. The molecule has 0 saturated heterocycles. The fourth-order valence-electron chi connectivity index (χ4n) is 2.26. The zero-order valence-electron chi connectivity index (χ0n) is 12.9. The van der Waals surface area contributed by atoms with E-state index in [2.05, 4.69) is 43.9 Å². The summed E-state index contributed by atoms with van der Waals surface area (Å²) in [5.41, 5.74) is 0.999. The van der Waals surface area contributed by atoms with Crippen LogP contribution in [0.1, 0.15) is 20.3 Å². The first kappa shape index (κ1) is 19.4. The SMILES string of the molecule is CCC(C(=O)O)N(CC)c1ccc([Si](C)(C)C)cc1.[Ag]. The maximum absolute atomic E-state index is 11.3. The fourth-order valence-corrected chi connectivity index (χ4v) is 3.43. The topological polar surface area (TPSA) is 40.5 Å². The van der Waals surface area contributed by atoms with Gasteiger partial charge in [-0.3, -0.25) is 0 Å². The minimum atomic E-state index is -1.29. The van der Waals surface area contributed by atoms with Crippen molar-refractivity contribution in [1.29, 1.82) is 0 Å². The molecule has 0 aliphatic heterocycles. The molecular formula is C15H25AgNO2Si. The third kappa shape index (κ3) is 4.77. The molecule has 0 fully saturated rings. The van der Waals surface area contributed by atoms with E-state index in [1.54, 1.807) is 0 Å². The van der Waals surface area contributed by atoms with Gasteiger partial charge in [-0.05, 0) is 25.5 Å². The molecule has 20 heavy (non-hydrogen) atoms. The van der Waals surface area contributed by atoms with Crippen molar-refractivity contribution in [2.45, 2.75) is 46.0 Å². The number of carbonyl (C=O) groups is 1. The molecule has 1 unspecified atom stereocenters. The average molecular weight is 387 g/mol. The first-order chi connectivity index (χ1) is 8.81. The molecule has 0 heterocycles. The van der Waals surface area contributed by atoms with Crippen molar-refractivity contribution in [2.75, 3.05) is 11.4 Å². The van der Waals surface area contributed by atoms with E-state index in [1.807, 2.05) is 18.7 Å². The second-order valence-electron chi connectivity index (χ2n) is 5.85. The molecule has 1 N–H and O–H groups in total. The van der Waals surface area contributed by atoms with E-state index in [9.17, 15) is 9.90 Å². The van der Waals surface area contributed by atoms with Crippen LogP contribution in [-0.4, -0.2) is 31.7 Å². The van der Waals surface area contributed by atoms with Gasteiger partial charge < -0.3 is 10.0 Å². The monoisotopic (exact) mass is 386 g/mol. The number of rotatable bonds is 6. The van der Waals surface area contributed by atoms with Gasteiger partial charge in [0.1, 0.15) is 6.04 Å². The predicted octanol–water partition coefficient (Wildman–Crippen LogP) is 2.92. The molecule has 0 saturated carbocycles. The van der Waals surface area contributed by atoms with Crippen LogP contribution in [0, 0.1) is 0 Å². The molecular weight excluding hydrogens is 362 g/mol. The summed E-state index contributed by atoms with van der Waals surface area (Å²) in [6.45, 7) is 11.6. The Hall–Kier alpha value is -0.553. The van der Waals surface area contributed by atoms with Gasteiger partial charge in [0.05, 0.1) is 8.07 Å². The predicted molar refractivity (Wildman–Crippen MR) is 84.2 cm³/mol. The summed E-state index contributed by atoms with van der Waals surface area (Å²) >= 11 is 0. The molecule has 0 amide bonds. The summed E-state index contributed by atoms with van der Waals surface area (Å²) < 4.78 is 0. The van der Waals surface area contributed by atoms with Crippen LogP contribution < -0.4 is 10.1 Å². The number of anilines is 1. The van der Waals surface area contributed by atoms with Crippen molar-refractivity contribution in [3.8, 4) is 0 Å². The molecule has 0 aliphatic rings. The van der Waals surface area contributed by atoms with Gasteiger partial charge in [-0.1, -0.05) is 43.9 Å². The van der Waals surface area contributed by atoms with Gasteiger partial charge in [0, 0.05) is 34.6 Å². The second kappa shape index (κ2) is 8.03. The van der Waals surface area contributed by atoms with Gasteiger partial charge in [0.2, 0.25) is 0 Å². The molecule has 0 bridgehead atoms. The zero-order chi connectivity index (χ0) is 14.6. The molecule has 1 aromatic carbocycles. The van der Waals surface area contributed by atoms with Crippen LogP contribution in [0.25, 0.3) is 0 Å². The van der Waals surface area contributed by atoms with E-state index in [-0.39, 0.29) is 22.4 Å². The standard InChI is InChI=1S/C15H25NO2Si.Ag/c1-6-14(15(17)18)16(7-2)12-8-10-13(11-9-12)19(3,4)5;/h8-11,14H,6-7H2,1-5H3,(H,17,18);. The number of carboxylic acid groups (broad SMARTS) is 1. The Kier molecular flexibility index (Phi) is 7.81. The molecule has 117 valence electrons. The molecule has 5 heteroatoms. The van der Waals surface area contributed by atoms with Crippen LogP contribution in [0.2, 0.25) is 19.6 Å². The summed E-state index contributed by atoms with van der Waals surface area (Å²) in [7, 11) is -1.29. The summed E-state index contributed by atoms with van der Waals surface area (Å²) in [6.07, 6.45) is 0.610. The van der Waals surface area contributed by atoms with Crippen LogP contribution in [0.5, 0.6) is 0 Å². The Bertz CT molecular complexity index is 428. The van der Waals surface area contributed by atoms with Crippen LogP contribution >= 0.6 is 0 Å². The Morgan fingerprint density at radius 2 is 1.70 bits per heavy atom. The van der Waals surface area contributed by atoms with E-state index in [0.29, 0.717) is 13.0 Å². The van der Waals surface area contributed by atoms with E-state index in [1.165, 1.54) is 5.19 Å². The van der Waals surface area contributed by atoms with Crippen molar-refractivity contribution in [3.05, 3.63) is 24.3 Å². The van der Waals surface area contributed by atoms with Crippen LogP contribution in [0.15, 0.2) is 24.3 Å². The van der Waals surface area contributed by atoms with E-state index < -0.39 is 20.1 Å². The largest absolute Gasteiger partial charge is 0.480 e. The van der Waals surface area contributed by atoms with E-state index in [0.717, 1.165) is 5.69 Å². The van der Waals surface area contributed by atoms with Crippen molar-refractivity contribution < 1.29 is 32.3 Å². The molecule has 0 spiro atoms. The van der Waals surface area contributed by atoms with Crippen molar-refractivity contribution in [1.82, 2.24) is 0 Å². The Labute approximate surface area is 138 Å². The summed E-state index contributed by atoms with van der Waals surface area (Å²) in [6, 6.07) is 7.98. The van der Waals surface area contributed by atoms with Gasteiger partial charge in [0.15, 0.2) is 0 Å². The number of hydrogen-bond acceptors (Lipinski definition) is 2. The maximum Gasteiger partial charge on any atom is 0.326 e. The number of hydrogen-bond donors (Lipinski definition) is 1. The minimum Gasteiger partial charge on any atom is -0.480 e. The number of benzene rings is 1. The maximum atomic E-state index is 11.3. The summed E-state index contributed by atoms with van der Waals surface area (Å²) in [5, 5.41) is 10.7. The van der Waals surface area contributed by atoms with Gasteiger partial charge >= 0.3 is 5.97 Å². The van der Waals surface area contributed by atoms with Crippen LogP contribution in [-0.2, 0) is 27.2 Å². The van der Waals surface area contributed by atoms with Crippen LogP contribution in [0.3, 0.4) is 0 Å². The Balaban J connectivity index is 0.00000361. The smallest absolute Gasteiger partial charge is 0.326 e. The van der Waals surface area contributed by atoms with Gasteiger partial charge in [-0.15, -0.1) is 0 Å². The molecule has 0 aliphatic carbocycles. The van der Waals surface area contributed by atoms with Gasteiger partial charge in [-0.25, -0.2) is 4.79 Å². The van der Waals surface area contributed by atoms with Crippen molar-refractivity contribution in [2.24, 2.45) is 0 Å². The van der Waals surface area contributed by atoms with E-state index >= 15 is 0 Å². The summed E-state index contributed by atoms with van der Waals surface area (Å²) in [5.74, 6) is -0.751. The fraction of sp³-hybridized carbons (Fsp3) is 0.533. The van der Waals surface area contributed by atoms with E-state index in [4.69, 9.17) is 0 Å². The van der Waals surface area contributed by atoms with Crippen molar-refractivity contribution >= 4 is 24.9 Å². The number of aliphatic carboxylic acids is 1. The number of likely N-dealkylation sites (N-methyl/N-ethyl adjacent to an activating group) is 1. The zero-order valence-corrected chi connectivity index (χ0v) is 15.4. The van der Waals surface area contributed by atoms with Crippen molar-refractivity contribution in [3.63, 3.8) is 0 Å². The first-order valence-electron chi connectivity index (χ1n) is 6.91. The molecule has 1 radical (unpaired) electrons. The molecule has 1 rings (SSSR count).